The van der Waals surface area contributed by atoms with E-state index < -0.39 is 35.6 Å². The molecule has 0 bridgehead atoms. The van der Waals surface area contributed by atoms with E-state index in [0.717, 1.165) is 66.9 Å². The van der Waals surface area contributed by atoms with Gasteiger partial charge in [0, 0.05) is 169 Å². The van der Waals surface area contributed by atoms with Crippen molar-refractivity contribution in [3.63, 3.8) is 0 Å². The fourth-order valence-corrected chi connectivity index (χ4v) is 21.5. The molecule has 0 radical (unpaired) electrons. The number of nitrogens with zero attached hydrogens (tertiary/aromatic N) is 4. The third-order valence-electron chi connectivity index (χ3n) is 23.3. The number of sulfonamides is 3. The normalized spacial score (nSPS) is 15.6. The Morgan fingerprint density at radius 1 is 0.346 bits per heavy atom. The summed E-state index contributed by atoms with van der Waals surface area (Å²) in [4.78, 5) is 50.7. The Morgan fingerprint density at radius 3 is 0.895 bits per heavy atom. The number of hydrogen-bond acceptors (Lipinski definition) is 22. The van der Waals surface area contributed by atoms with Gasteiger partial charge in [-0.2, -0.15) is 0 Å². The van der Waals surface area contributed by atoms with Gasteiger partial charge in [0.15, 0.2) is 0 Å². The van der Waals surface area contributed by atoms with Crippen LogP contribution in [0.25, 0.3) is 11.1 Å². The molecule has 6 N–H and O–H groups in total. The predicted molar refractivity (Wildman–Crippen MR) is 521 cm³/mol. The first-order valence-corrected chi connectivity index (χ1v) is 51.4. The van der Waals surface area contributed by atoms with Crippen molar-refractivity contribution in [3.05, 3.63) is 243 Å². The van der Waals surface area contributed by atoms with Gasteiger partial charge in [0.1, 0.15) is 0 Å². The summed E-state index contributed by atoms with van der Waals surface area (Å²) in [5, 5.41) is 12.8. The first kappa shape index (κ1) is 107. The molecule has 0 unspecified atom stereocenters. The number of fused-ring (bicyclic) bond motifs is 3. The van der Waals surface area contributed by atoms with Gasteiger partial charge in [0.05, 0.1) is 134 Å². The largest absolute Gasteiger partial charge is 0.378 e. The minimum absolute atomic E-state index is 0.0274. The van der Waals surface area contributed by atoms with Crippen LogP contribution in [-0.4, -0.2) is 269 Å². The zero-order chi connectivity index (χ0) is 94.9. The van der Waals surface area contributed by atoms with Crippen molar-refractivity contribution in [2.45, 2.75) is 96.1 Å². The Labute approximate surface area is 816 Å². The maximum Gasteiger partial charge on any atom is 0.240 e. The zero-order valence-electron chi connectivity index (χ0n) is 75.2. The third-order valence-corrected chi connectivity index (χ3v) is 29.6. The van der Waals surface area contributed by atoms with Gasteiger partial charge in [-0.25, -0.2) is 39.4 Å². The Kier molecular flexibility index (Phi) is 42.9. The van der Waals surface area contributed by atoms with Crippen molar-refractivity contribution in [2.24, 2.45) is 0 Å². The van der Waals surface area contributed by atoms with Crippen LogP contribution in [0.15, 0.2) is 172 Å². The Balaban J connectivity index is 0.609. The van der Waals surface area contributed by atoms with E-state index in [-0.39, 0.29) is 247 Å². The van der Waals surface area contributed by atoms with E-state index in [2.05, 4.69) is 49.7 Å². The molecule has 0 aliphatic carbocycles. The van der Waals surface area contributed by atoms with Crippen LogP contribution in [0.4, 0.5) is 5.69 Å². The van der Waals surface area contributed by atoms with E-state index in [1.54, 1.807) is 72.8 Å². The van der Waals surface area contributed by atoms with Gasteiger partial charge < -0.3 is 78.2 Å². The molecule has 724 valence electrons. The van der Waals surface area contributed by atoms with Crippen molar-refractivity contribution >= 4 is 135 Å². The van der Waals surface area contributed by atoms with Gasteiger partial charge >= 0.3 is 0 Å². The van der Waals surface area contributed by atoms with Crippen LogP contribution in [0.5, 0.6) is 0 Å². The van der Waals surface area contributed by atoms with Crippen molar-refractivity contribution in [2.75, 3.05) is 211 Å². The summed E-state index contributed by atoms with van der Waals surface area (Å²) in [6, 6.07) is 46.9. The molecule has 0 saturated heterocycles. The van der Waals surface area contributed by atoms with Crippen LogP contribution in [0, 0.1) is 0 Å². The number of benzene rings is 8. The second-order valence-corrected chi connectivity index (χ2v) is 41.2. The topological polar surface area (TPSA) is 322 Å². The second kappa shape index (κ2) is 53.4. The zero-order valence-corrected chi connectivity index (χ0v) is 82.9. The summed E-state index contributed by atoms with van der Waals surface area (Å²) >= 11 is 45.3. The van der Waals surface area contributed by atoms with Crippen molar-refractivity contribution < 1.29 is 82.3 Å². The molecule has 8 aromatic rings. The first-order chi connectivity index (χ1) is 63.9. The highest BCUT2D eigenvalue weighted by molar-refractivity contribution is 7.90. The first-order valence-electron chi connectivity index (χ1n) is 44.3. The number of halogens is 7. The van der Waals surface area contributed by atoms with Crippen LogP contribution in [0.3, 0.4) is 0 Å². The van der Waals surface area contributed by atoms with Gasteiger partial charge in [0.25, 0.3) is 0 Å². The number of hydrogen-bond donors (Lipinski definition) is 6. The van der Waals surface area contributed by atoms with Crippen LogP contribution in [0.2, 0.25) is 35.2 Å². The number of ether oxygens (including phenoxy) is 9. The highest BCUT2D eigenvalue weighted by Crippen LogP contribution is 2.44. The molecule has 3 atom stereocenters. The highest BCUT2D eigenvalue weighted by Gasteiger charge is 2.38. The molecule has 0 spiro atoms. The number of likely N-dealkylation sites (N-methyl/N-ethyl adjacent to an activating group) is 3. The van der Waals surface area contributed by atoms with Crippen LogP contribution < -0.4 is 35.0 Å². The lowest BCUT2D eigenvalue weighted by Gasteiger charge is -2.44. The molecule has 0 fully saturated rings. The van der Waals surface area contributed by atoms with Crippen LogP contribution in [0.1, 0.15) is 106 Å². The predicted octanol–water partition coefficient (Wildman–Crippen LogP) is 13.6. The fourth-order valence-electron chi connectivity index (χ4n) is 16.5. The fraction of sp³-hybridized carbons (Fsp3) is 0.463. The van der Waals surface area contributed by atoms with E-state index in [4.69, 9.17) is 124 Å². The Morgan fingerprint density at radius 2 is 0.609 bits per heavy atom. The van der Waals surface area contributed by atoms with Crippen molar-refractivity contribution in [1.82, 2.24) is 44.8 Å². The molecular weight excluding hydrogens is 1910 g/mol. The van der Waals surface area contributed by atoms with Gasteiger partial charge in [-0.1, -0.05) is 142 Å². The lowest BCUT2D eigenvalue weighted by molar-refractivity contribution is -0.121. The van der Waals surface area contributed by atoms with Crippen molar-refractivity contribution in [3.8, 4) is 11.1 Å². The third kappa shape index (κ3) is 33.0. The number of anilines is 1. The number of carbonyl (C=O) groups excluding carboxylic acids is 3. The van der Waals surface area contributed by atoms with E-state index in [1.807, 2.05) is 113 Å². The average Bonchev–Trinajstić information content (AvgIpc) is 0.762. The number of amides is 3. The lowest BCUT2D eigenvalue weighted by Crippen LogP contribution is -2.49. The van der Waals surface area contributed by atoms with Crippen LogP contribution >= 0.6 is 81.2 Å². The summed E-state index contributed by atoms with van der Waals surface area (Å²) in [5.74, 6) is -1.20. The van der Waals surface area contributed by atoms with E-state index >= 15 is 0 Å². The molecule has 38 heteroatoms. The van der Waals surface area contributed by atoms with Crippen LogP contribution in [-0.2, 0) is 107 Å². The van der Waals surface area contributed by atoms with Gasteiger partial charge in [-0.05, 0) is 199 Å². The molecule has 0 saturated carbocycles. The van der Waals surface area contributed by atoms with E-state index in [9.17, 15) is 39.6 Å². The van der Waals surface area contributed by atoms with Crippen molar-refractivity contribution in [1.29, 1.82) is 0 Å². The second-order valence-electron chi connectivity index (χ2n) is 32.9. The summed E-state index contributed by atoms with van der Waals surface area (Å²) in [5.41, 5.74) is 10.0. The number of carbonyl (C=O) groups is 3. The van der Waals surface area contributed by atoms with Gasteiger partial charge in [-0.3, -0.25) is 14.4 Å². The molecule has 28 nitrogen and oxygen atoms in total. The Hall–Kier alpha value is -6.75. The van der Waals surface area contributed by atoms with Gasteiger partial charge in [0.2, 0.25) is 47.8 Å². The molecule has 3 aliphatic heterocycles. The minimum atomic E-state index is -3.87. The molecular formula is C95H119Cl7N10O18S3. The van der Waals surface area contributed by atoms with Gasteiger partial charge in [-0.15, -0.1) is 0 Å². The molecule has 133 heavy (non-hydrogen) atoms. The summed E-state index contributed by atoms with van der Waals surface area (Å²) < 4.78 is 140. The molecule has 3 aliphatic rings. The summed E-state index contributed by atoms with van der Waals surface area (Å²) in [6.07, 6.45) is 0.797. The summed E-state index contributed by atoms with van der Waals surface area (Å²) in [7, 11) is -3.72. The van der Waals surface area contributed by atoms with E-state index in [1.165, 1.54) is 0 Å². The molecule has 3 heterocycles. The Bertz CT molecular complexity index is 5040. The maximum atomic E-state index is 13.9. The quantitative estimate of drug-likeness (QED) is 0.0193. The maximum absolute atomic E-state index is 13.9. The number of nitrogens with one attached hydrogen (secondary N) is 6. The smallest absolute Gasteiger partial charge is 0.240 e. The SMILES string of the molecule is CN1Cc2c(Cl)cc(Cl)cc2[C@H](c2cccc(S(=O)(=O)NCCOCCOCCOCCNC(=O)CCC(CCC(=O)NCCOCCOCCOCCNS(=O)(=O)c3cccc([C@@H]4CN(C)Cc5c(Cl)cc(Cl)cc54)c3)(CCC(=O)NCCOCCOCCOCCNS(=O)(=O)c3cccc([C@@H]4CN(C)Cc5c(Cl)cc(Cl)cc54)c3)N(C)c3ccc(-c4ccc(Cl)cc4)cc3)c2)C1. The standard InChI is InChI=1S/C95H119Cl7N10O18S3/c1-109-61-83(80-55-73(97)58-89(100)86(80)64-109)69-8-5-11-77(52-69)131(116,117)106-31-37-125-43-49-128-46-40-122-34-28-103-92(113)22-25-95(112(4)76-20-16-68(17-21-76)67-14-18-72(96)19-15-67,26-23-93(114)104-29-35-123-41-47-129-50-44-126-38-32-107-132(118,119)78-12-6-9-70(53-78)84-62-110(2)65-87-81(84)56-74(98)59-90(87)101)27-24-94(115)105-30-36-124-42-48-130-51-45-127-39-33-108-133(120,121)79-13-7-10-71(54-79)85-63-111(3)66-88-82(85)57-75(99)60-91(88)102/h5-21,52-60,83-85,106-108H,22-51,61-66H2,1-4H3,(H,103,113)(H,104,114)(H,105,115)/t83-,84-,85-/m0/s1. The molecule has 11 rings (SSSR count). The molecule has 3 amide bonds. The highest BCUT2D eigenvalue weighted by atomic mass is 35.5. The molecule has 8 aromatic carbocycles. The monoisotopic (exact) mass is 2030 g/mol. The summed E-state index contributed by atoms with van der Waals surface area (Å²) in [6.45, 7) is 8.21. The lowest BCUT2D eigenvalue weighted by atomic mass is 9.81. The molecule has 0 aromatic heterocycles. The number of rotatable bonds is 57. The van der Waals surface area contributed by atoms with E-state index in [0.29, 0.717) is 74.4 Å². The average molecular weight is 2030 g/mol. The minimum Gasteiger partial charge on any atom is -0.378 e.